The number of hydrazone groups is 1. The van der Waals surface area contributed by atoms with Gasteiger partial charge in [0.2, 0.25) is 5.88 Å². The van der Waals surface area contributed by atoms with Gasteiger partial charge in [-0.3, -0.25) is 15.4 Å². The van der Waals surface area contributed by atoms with Crippen LogP contribution >= 0.6 is 15.9 Å². The quantitative estimate of drug-likeness (QED) is 0.346. The fourth-order valence-corrected chi connectivity index (χ4v) is 2.50. The molecular formula is C17H13BrF2N6O. The van der Waals surface area contributed by atoms with Crippen LogP contribution in [0.4, 0.5) is 14.6 Å². The number of alkyl halides is 2. The van der Waals surface area contributed by atoms with Gasteiger partial charge >= 0.3 is 6.61 Å². The number of nitrogens with zero attached hydrogens (tertiary/aromatic N) is 5. The number of rotatable bonds is 7. The Morgan fingerprint density at radius 3 is 2.81 bits per heavy atom. The number of nitrogens with one attached hydrogen (secondary N) is 1. The SMILES string of the molecule is FC(F)Oc1cncc(N/N=C(\Cc2ccccn2)c2ccnc(Br)c2)n1. The van der Waals surface area contributed by atoms with Crippen LogP contribution in [0.3, 0.4) is 0 Å². The highest BCUT2D eigenvalue weighted by molar-refractivity contribution is 9.10. The first-order valence-corrected chi connectivity index (χ1v) is 8.51. The number of hydrogen-bond acceptors (Lipinski definition) is 7. The van der Waals surface area contributed by atoms with Crippen molar-refractivity contribution in [3.8, 4) is 5.88 Å². The van der Waals surface area contributed by atoms with E-state index in [1.54, 1.807) is 18.5 Å². The molecule has 0 amide bonds. The van der Waals surface area contributed by atoms with Crippen LogP contribution in [0, 0.1) is 0 Å². The van der Waals surface area contributed by atoms with E-state index in [2.05, 4.69) is 51.1 Å². The Balaban J connectivity index is 1.86. The fourth-order valence-electron chi connectivity index (χ4n) is 2.14. The molecule has 3 aromatic rings. The Morgan fingerprint density at radius 1 is 1.19 bits per heavy atom. The molecule has 7 nitrogen and oxygen atoms in total. The summed E-state index contributed by atoms with van der Waals surface area (Å²) in [6, 6.07) is 9.20. The van der Waals surface area contributed by atoms with E-state index in [0.717, 1.165) is 17.5 Å². The second kappa shape index (κ2) is 9.08. The Hall–Kier alpha value is -3.01. The second-order valence-corrected chi connectivity index (χ2v) is 5.97. The predicted octanol–water partition coefficient (Wildman–Crippen LogP) is 3.69. The summed E-state index contributed by atoms with van der Waals surface area (Å²) >= 11 is 3.33. The first-order chi connectivity index (χ1) is 13.1. The fraction of sp³-hybridized carbons (Fsp3) is 0.118. The van der Waals surface area contributed by atoms with Crippen molar-refractivity contribution < 1.29 is 13.5 Å². The molecule has 0 aromatic carbocycles. The minimum absolute atomic E-state index is 0.166. The zero-order valence-electron chi connectivity index (χ0n) is 13.8. The van der Waals surface area contributed by atoms with Crippen LogP contribution < -0.4 is 10.2 Å². The first kappa shape index (κ1) is 18.8. The average molecular weight is 435 g/mol. The molecule has 0 spiro atoms. The van der Waals surface area contributed by atoms with Gasteiger partial charge in [0.05, 0.1) is 18.1 Å². The lowest BCUT2D eigenvalue weighted by Crippen LogP contribution is -2.11. The van der Waals surface area contributed by atoms with Gasteiger partial charge in [0.15, 0.2) is 5.82 Å². The maximum atomic E-state index is 12.3. The number of halogens is 3. The monoisotopic (exact) mass is 434 g/mol. The summed E-state index contributed by atoms with van der Waals surface area (Å²) in [5.74, 6) is -0.136. The number of ether oxygens (including phenoxy) is 1. The van der Waals surface area contributed by atoms with Crippen LogP contribution in [0.1, 0.15) is 11.3 Å². The lowest BCUT2D eigenvalue weighted by Gasteiger charge is -2.09. The molecule has 0 fully saturated rings. The molecule has 0 atom stereocenters. The smallest absolute Gasteiger partial charge is 0.388 e. The molecule has 0 radical (unpaired) electrons. The highest BCUT2D eigenvalue weighted by Gasteiger charge is 2.09. The van der Waals surface area contributed by atoms with E-state index in [4.69, 9.17) is 0 Å². The van der Waals surface area contributed by atoms with Crippen molar-refractivity contribution in [1.82, 2.24) is 19.9 Å². The molecular weight excluding hydrogens is 422 g/mol. The van der Waals surface area contributed by atoms with Gasteiger partial charge < -0.3 is 4.74 Å². The number of hydrogen-bond donors (Lipinski definition) is 1. The maximum Gasteiger partial charge on any atom is 0.388 e. The van der Waals surface area contributed by atoms with E-state index in [9.17, 15) is 8.78 Å². The highest BCUT2D eigenvalue weighted by atomic mass is 79.9. The Morgan fingerprint density at radius 2 is 2.07 bits per heavy atom. The largest absolute Gasteiger partial charge is 0.415 e. The number of pyridine rings is 2. The summed E-state index contributed by atoms with van der Waals surface area (Å²) in [4.78, 5) is 16.1. The summed E-state index contributed by atoms with van der Waals surface area (Å²) in [5, 5.41) is 4.35. The van der Waals surface area contributed by atoms with Crippen LogP contribution in [-0.2, 0) is 6.42 Å². The lowest BCUT2D eigenvalue weighted by atomic mass is 10.1. The van der Waals surface area contributed by atoms with Crippen LogP contribution in [-0.4, -0.2) is 32.3 Å². The molecule has 3 aromatic heterocycles. The van der Waals surface area contributed by atoms with Crippen molar-refractivity contribution in [3.63, 3.8) is 0 Å². The van der Waals surface area contributed by atoms with E-state index in [1.165, 1.54) is 6.20 Å². The average Bonchev–Trinajstić information content (AvgIpc) is 2.66. The third-order valence-electron chi connectivity index (χ3n) is 3.26. The van der Waals surface area contributed by atoms with Crippen molar-refractivity contribution >= 4 is 27.5 Å². The van der Waals surface area contributed by atoms with Gasteiger partial charge in [0.25, 0.3) is 0 Å². The third-order valence-corrected chi connectivity index (χ3v) is 3.70. The second-order valence-electron chi connectivity index (χ2n) is 5.16. The molecule has 0 bridgehead atoms. The van der Waals surface area contributed by atoms with Crippen molar-refractivity contribution in [2.45, 2.75) is 13.0 Å². The lowest BCUT2D eigenvalue weighted by molar-refractivity contribution is -0.0530. The van der Waals surface area contributed by atoms with Crippen LogP contribution in [0.15, 0.2) is 64.8 Å². The summed E-state index contributed by atoms with van der Waals surface area (Å²) in [7, 11) is 0. The predicted molar refractivity (Wildman–Crippen MR) is 98.7 cm³/mol. The van der Waals surface area contributed by atoms with Gasteiger partial charge in [-0.05, 0) is 40.2 Å². The van der Waals surface area contributed by atoms with E-state index >= 15 is 0 Å². The minimum Gasteiger partial charge on any atom is -0.415 e. The van der Waals surface area contributed by atoms with Crippen molar-refractivity contribution in [3.05, 3.63) is 71.0 Å². The van der Waals surface area contributed by atoms with Crippen LogP contribution in [0.2, 0.25) is 0 Å². The standard InChI is InChI=1S/C17H13BrF2N6O/c18-14-7-11(4-6-23-14)13(8-12-3-1-2-5-22-12)25-26-15-9-21-10-16(24-15)27-17(19)20/h1-7,9-10,17H,8H2,(H,24,26)/b25-13+. The zero-order chi connectivity index (χ0) is 19.1. The molecule has 0 unspecified atom stereocenters. The Bertz CT molecular complexity index is 926. The first-order valence-electron chi connectivity index (χ1n) is 7.71. The van der Waals surface area contributed by atoms with E-state index in [0.29, 0.717) is 16.7 Å². The molecule has 27 heavy (non-hydrogen) atoms. The Labute approximate surface area is 161 Å². The van der Waals surface area contributed by atoms with E-state index in [-0.39, 0.29) is 11.7 Å². The molecule has 138 valence electrons. The summed E-state index contributed by atoms with van der Waals surface area (Å²) < 4.78 is 29.5. The molecule has 10 heteroatoms. The summed E-state index contributed by atoms with van der Waals surface area (Å²) in [6.07, 6.45) is 6.22. The molecule has 0 saturated heterocycles. The van der Waals surface area contributed by atoms with E-state index < -0.39 is 6.61 Å². The molecule has 0 aliphatic rings. The van der Waals surface area contributed by atoms with Crippen molar-refractivity contribution in [1.29, 1.82) is 0 Å². The molecule has 0 aliphatic heterocycles. The zero-order valence-corrected chi connectivity index (χ0v) is 15.3. The molecule has 3 rings (SSSR count). The normalized spacial score (nSPS) is 11.5. The third kappa shape index (κ3) is 5.74. The number of aromatic nitrogens is 4. The summed E-state index contributed by atoms with van der Waals surface area (Å²) in [6.45, 7) is -2.98. The molecule has 1 N–H and O–H groups in total. The van der Waals surface area contributed by atoms with Crippen LogP contribution in [0.25, 0.3) is 0 Å². The topological polar surface area (TPSA) is 85.2 Å². The van der Waals surface area contributed by atoms with Gasteiger partial charge in [-0.15, -0.1) is 0 Å². The minimum atomic E-state index is -2.98. The molecule has 0 aliphatic carbocycles. The number of anilines is 1. The van der Waals surface area contributed by atoms with Gasteiger partial charge in [-0.1, -0.05) is 6.07 Å². The van der Waals surface area contributed by atoms with Gasteiger partial charge in [0.1, 0.15) is 4.60 Å². The maximum absolute atomic E-state index is 12.3. The Kier molecular flexibility index (Phi) is 6.31. The van der Waals surface area contributed by atoms with Crippen molar-refractivity contribution in [2.24, 2.45) is 5.10 Å². The molecule has 3 heterocycles. The highest BCUT2D eigenvalue weighted by Crippen LogP contribution is 2.14. The summed E-state index contributed by atoms with van der Waals surface area (Å²) in [5.41, 5.74) is 4.99. The van der Waals surface area contributed by atoms with Gasteiger partial charge in [0, 0.05) is 30.1 Å². The van der Waals surface area contributed by atoms with Gasteiger partial charge in [-0.2, -0.15) is 18.9 Å². The molecule has 0 saturated carbocycles. The van der Waals surface area contributed by atoms with E-state index in [1.807, 2.05) is 24.3 Å². The van der Waals surface area contributed by atoms with Gasteiger partial charge in [-0.25, -0.2) is 4.98 Å². The van der Waals surface area contributed by atoms with Crippen molar-refractivity contribution in [2.75, 3.05) is 5.43 Å². The van der Waals surface area contributed by atoms with Crippen LogP contribution in [0.5, 0.6) is 5.88 Å².